The molecule has 1 N–H and O–H groups in total. The molecule has 0 fully saturated rings. The molecule has 0 saturated carbocycles. The SMILES string of the molecule is CCCC[S@+]([O-])NC(CC)c1cc(=O)n(C)cc1Br. The highest BCUT2D eigenvalue weighted by Crippen LogP contribution is 2.24. The van der Waals surface area contributed by atoms with Crippen molar-refractivity contribution in [2.75, 3.05) is 5.75 Å². The average molecular weight is 349 g/mol. The lowest BCUT2D eigenvalue weighted by Gasteiger charge is -2.20. The number of rotatable bonds is 7. The number of nitrogens with one attached hydrogen (secondary N) is 1. The summed E-state index contributed by atoms with van der Waals surface area (Å²) in [6.45, 7) is 4.09. The number of unbranched alkanes of at least 4 members (excludes halogenated alkanes) is 1. The molecule has 0 aliphatic rings. The Bertz CT molecular complexity index is 464. The third-order valence-electron chi connectivity index (χ3n) is 2.95. The van der Waals surface area contributed by atoms with Gasteiger partial charge in [-0.15, -0.1) is 4.72 Å². The Balaban J connectivity index is 2.85. The molecule has 0 bridgehead atoms. The van der Waals surface area contributed by atoms with E-state index in [1.165, 1.54) is 4.57 Å². The molecular weight excluding hydrogens is 328 g/mol. The fourth-order valence-corrected chi connectivity index (χ4v) is 3.72. The molecule has 108 valence electrons. The molecule has 6 heteroatoms. The van der Waals surface area contributed by atoms with E-state index in [1.807, 2.05) is 6.92 Å². The molecule has 1 rings (SSSR count). The van der Waals surface area contributed by atoms with Gasteiger partial charge in [-0.2, -0.15) is 0 Å². The molecule has 0 amide bonds. The van der Waals surface area contributed by atoms with Gasteiger partial charge in [0, 0.05) is 35.1 Å². The van der Waals surface area contributed by atoms with E-state index in [-0.39, 0.29) is 11.6 Å². The van der Waals surface area contributed by atoms with Crippen LogP contribution in [0.1, 0.15) is 44.7 Å². The second-order valence-electron chi connectivity index (χ2n) is 4.51. The predicted molar refractivity (Wildman–Crippen MR) is 83.5 cm³/mol. The third kappa shape index (κ3) is 4.95. The summed E-state index contributed by atoms with van der Waals surface area (Å²) in [4.78, 5) is 11.7. The number of pyridine rings is 1. The van der Waals surface area contributed by atoms with Crippen LogP contribution in [0.2, 0.25) is 0 Å². The van der Waals surface area contributed by atoms with Crippen LogP contribution in [0.15, 0.2) is 21.5 Å². The van der Waals surface area contributed by atoms with Crippen LogP contribution in [-0.2, 0) is 18.4 Å². The molecule has 0 aliphatic heterocycles. The largest absolute Gasteiger partial charge is 0.598 e. The van der Waals surface area contributed by atoms with Crippen LogP contribution in [0.4, 0.5) is 0 Å². The summed E-state index contributed by atoms with van der Waals surface area (Å²) < 4.78 is 17.4. The minimum Gasteiger partial charge on any atom is -0.598 e. The van der Waals surface area contributed by atoms with Crippen molar-refractivity contribution in [1.82, 2.24) is 9.29 Å². The van der Waals surface area contributed by atoms with Crippen LogP contribution in [0.25, 0.3) is 0 Å². The highest BCUT2D eigenvalue weighted by molar-refractivity contribution is 9.10. The summed E-state index contributed by atoms with van der Waals surface area (Å²) in [6, 6.07) is 1.53. The van der Waals surface area contributed by atoms with Gasteiger partial charge in [0.2, 0.25) is 0 Å². The van der Waals surface area contributed by atoms with Crippen LogP contribution in [0.5, 0.6) is 0 Å². The van der Waals surface area contributed by atoms with Crippen LogP contribution >= 0.6 is 15.9 Å². The number of halogens is 1. The highest BCUT2D eigenvalue weighted by Gasteiger charge is 2.19. The third-order valence-corrected chi connectivity index (χ3v) is 4.82. The first kappa shape index (κ1) is 16.8. The molecule has 1 aromatic rings. The molecule has 0 aliphatic carbocycles. The molecule has 0 radical (unpaired) electrons. The molecule has 1 aromatic heterocycles. The van der Waals surface area contributed by atoms with Gasteiger partial charge in [0.05, 0.1) is 6.04 Å². The molecule has 19 heavy (non-hydrogen) atoms. The predicted octanol–water partition coefficient (Wildman–Crippen LogP) is 2.65. The lowest BCUT2D eigenvalue weighted by Crippen LogP contribution is -2.31. The average Bonchev–Trinajstić information content (AvgIpc) is 2.38. The maximum absolute atomic E-state index is 11.9. The van der Waals surface area contributed by atoms with E-state index in [9.17, 15) is 9.35 Å². The van der Waals surface area contributed by atoms with Gasteiger partial charge in [-0.05, 0) is 34.3 Å². The minimum absolute atomic E-state index is 0.0576. The fourth-order valence-electron chi connectivity index (χ4n) is 1.74. The van der Waals surface area contributed by atoms with E-state index < -0.39 is 11.4 Å². The first-order chi connectivity index (χ1) is 8.99. The monoisotopic (exact) mass is 348 g/mol. The zero-order valence-corrected chi connectivity index (χ0v) is 14.0. The number of aromatic nitrogens is 1. The van der Waals surface area contributed by atoms with Gasteiger partial charge in [0.25, 0.3) is 5.56 Å². The Hall–Kier alpha value is -0.300. The zero-order valence-electron chi connectivity index (χ0n) is 11.6. The summed E-state index contributed by atoms with van der Waals surface area (Å²) in [6.07, 6.45) is 4.49. The summed E-state index contributed by atoms with van der Waals surface area (Å²) >= 11 is 2.42. The molecule has 0 spiro atoms. The summed E-state index contributed by atoms with van der Waals surface area (Å²) in [5.74, 6) is 0.648. The maximum atomic E-state index is 11.9. The Morgan fingerprint density at radius 1 is 1.53 bits per heavy atom. The number of hydrogen-bond donors (Lipinski definition) is 1. The van der Waals surface area contributed by atoms with Gasteiger partial charge >= 0.3 is 0 Å². The van der Waals surface area contributed by atoms with Crippen LogP contribution < -0.4 is 10.3 Å². The van der Waals surface area contributed by atoms with Crippen LogP contribution in [0.3, 0.4) is 0 Å². The summed E-state index contributed by atoms with van der Waals surface area (Å²) in [7, 11) is 1.71. The van der Waals surface area contributed by atoms with Crippen molar-refractivity contribution >= 4 is 27.3 Å². The molecule has 1 heterocycles. The molecular formula is C13H21BrN2O2S. The Morgan fingerprint density at radius 2 is 2.21 bits per heavy atom. The normalized spacial score (nSPS) is 14.4. The first-order valence-corrected chi connectivity index (χ1v) is 8.61. The summed E-state index contributed by atoms with van der Waals surface area (Å²) in [5.41, 5.74) is 0.813. The number of aryl methyl sites for hydroxylation is 1. The van der Waals surface area contributed by atoms with E-state index >= 15 is 0 Å². The second-order valence-corrected chi connectivity index (χ2v) is 6.70. The topological polar surface area (TPSA) is 57.1 Å². The van der Waals surface area contributed by atoms with Gasteiger partial charge in [-0.3, -0.25) is 4.79 Å². The van der Waals surface area contributed by atoms with E-state index in [0.717, 1.165) is 29.3 Å². The van der Waals surface area contributed by atoms with Crippen molar-refractivity contribution in [1.29, 1.82) is 0 Å². The van der Waals surface area contributed by atoms with Gasteiger partial charge in [-0.1, -0.05) is 20.3 Å². The molecule has 1 unspecified atom stereocenters. The van der Waals surface area contributed by atoms with Crippen molar-refractivity contribution in [2.24, 2.45) is 7.05 Å². The second kappa shape index (κ2) is 8.09. The maximum Gasteiger partial charge on any atom is 0.250 e. The first-order valence-electron chi connectivity index (χ1n) is 6.50. The standard InChI is InChI=1S/C13H21BrN2O2S/c1-4-6-7-19(18)15-12(5-2)10-8-13(17)16(3)9-11(10)14/h8-9,12,15H,4-7H2,1-3H3/t12?,19-/m0/s1. The van der Waals surface area contributed by atoms with Gasteiger partial charge in [0.1, 0.15) is 5.75 Å². The zero-order chi connectivity index (χ0) is 14.4. The Kier molecular flexibility index (Phi) is 7.13. The van der Waals surface area contributed by atoms with E-state index in [0.29, 0.717) is 5.75 Å². The van der Waals surface area contributed by atoms with Gasteiger partial charge in [-0.25, -0.2) is 0 Å². The molecule has 2 atom stereocenters. The lowest BCUT2D eigenvalue weighted by atomic mass is 10.1. The van der Waals surface area contributed by atoms with Gasteiger partial charge in [0.15, 0.2) is 0 Å². The molecule has 0 aromatic carbocycles. The van der Waals surface area contributed by atoms with Crippen molar-refractivity contribution in [3.05, 3.63) is 32.7 Å². The van der Waals surface area contributed by atoms with Crippen LogP contribution in [0, 0.1) is 0 Å². The Labute approximate surface area is 126 Å². The van der Waals surface area contributed by atoms with Crippen molar-refractivity contribution in [3.63, 3.8) is 0 Å². The smallest absolute Gasteiger partial charge is 0.250 e. The highest BCUT2D eigenvalue weighted by atomic mass is 79.9. The Morgan fingerprint density at radius 3 is 2.79 bits per heavy atom. The van der Waals surface area contributed by atoms with E-state index in [2.05, 4.69) is 27.6 Å². The van der Waals surface area contributed by atoms with Crippen molar-refractivity contribution < 1.29 is 4.55 Å². The van der Waals surface area contributed by atoms with E-state index in [4.69, 9.17) is 0 Å². The molecule has 4 nitrogen and oxygen atoms in total. The van der Waals surface area contributed by atoms with Crippen molar-refractivity contribution in [3.8, 4) is 0 Å². The molecule has 0 saturated heterocycles. The summed E-state index contributed by atoms with van der Waals surface area (Å²) in [5, 5.41) is 0. The van der Waals surface area contributed by atoms with Crippen molar-refractivity contribution in [2.45, 2.75) is 39.2 Å². The minimum atomic E-state index is -1.05. The lowest BCUT2D eigenvalue weighted by molar-refractivity contribution is 0.545. The number of hydrogen-bond acceptors (Lipinski definition) is 3. The quantitative estimate of drug-likeness (QED) is 0.770. The van der Waals surface area contributed by atoms with Gasteiger partial charge < -0.3 is 9.12 Å². The fraction of sp³-hybridized carbons (Fsp3) is 0.615. The number of nitrogens with zero attached hydrogens (tertiary/aromatic N) is 1. The van der Waals surface area contributed by atoms with E-state index in [1.54, 1.807) is 19.3 Å². The van der Waals surface area contributed by atoms with Crippen LogP contribution in [-0.4, -0.2) is 14.9 Å².